The third-order valence-corrected chi connectivity index (χ3v) is 3.91. The van der Waals surface area contributed by atoms with Gasteiger partial charge in [-0.2, -0.15) is 0 Å². The largest absolute Gasteiger partial charge is 0.380 e. The van der Waals surface area contributed by atoms with Gasteiger partial charge in [-0.3, -0.25) is 0 Å². The molecule has 0 aromatic heterocycles. The van der Waals surface area contributed by atoms with Gasteiger partial charge in [-0.1, -0.05) is 19.8 Å². The minimum Gasteiger partial charge on any atom is -0.380 e. The molecule has 4 heteroatoms. The van der Waals surface area contributed by atoms with Gasteiger partial charge in [0.2, 0.25) is 0 Å². The zero-order chi connectivity index (χ0) is 12.4. The maximum Gasteiger partial charge on any atom is 0.149 e. The van der Waals surface area contributed by atoms with Crippen LogP contribution < -0.4 is 5.32 Å². The van der Waals surface area contributed by atoms with Crippen LogP contribution in [0.25, 0.3) is 0 Å². The van der Waals surface area contributed by atoms with Gasteiger partial charge >= 0.3 is 0 Å². The summed E-state index contributed by atoms with van der Waals surface area (Å²) in [4.78, 5) is 0. The van der Waals surface area contributed by atoms with Crippen molar-refractivity contribution in [3.8, 4) is 0 Å². The summed E-state index contributed by atoms with van der Waals surface area (Å²) in [6, 6.07) is 2.69. The Hall–Kier alpha value is -0.640. The van der Waals surface area contributed by atoms with Crippen molar-refractivity contribution >= 4 is 21.6 Å². The van der Waals surface area contributed by atoms with Crippen LogP contribution in [0.3, 0.4) is 0 Å². The maximum atomic E-state index is 13.6. The van der Waals surface area contributed by atoms with E-state index in [9.17, 15) is 8.78 Å². The normalized spacial score (nSPS) is 24.7. The van der Waals surface area contributed by atoms with Crippen LogP contribution >= 0.6 is 15.9 Å². The summed E-state index contributed by atoms with van der Waals surface area (Å²) in [6.45, 7) is 2.21. The molecule has 1 nitrogen and oxygen atoms in total. The van der Waals surface area contributed by atoms with E-state index in [0.717, 1.165) is 18.9 Å². The second-order valence-corrected chi connectivity index (χ2v) is 5.71. The van der Waals surface area contributed by atoms with Crippen molar-refractivity contribution in [2.75, 3.05) is 5.32 Å². The smallest absolute Gasteiger partial charge is 0.149 e. The van der Waals surface area contributed by atoms with Crippen molar-refractivity contribution in [2.45, 2.75) is 38.6 Å². The topological polar surface area (TPSA) is 12.0 Å². The lowest BCUT2D eigenvalue weighted by Gasteiger charge is -2.28. The SMILES string of the molecule is CC1CCCC(Nc2cc(Br)c(F)cc2F)C1. The molecule has 1 aromatic rings. The number of halogens is 3. The van der Waals surface area contributed by atoms with Gasteiger partial charge < -0.3 is 5.32 Å². The van der Waals surface area contributed by atoms with Crippen molar-refractivity contribution in [3.63, 3.8) is 0 Å². The molecule has 0 amide bonds. The van der Waals surface area contributed by atoms with E-state index >= 15 is 0 Å². The van der Waals surface area contributed by atoms with Gasteiger partial charge in [-0.05, 0) is 40.8 Å². The average molecular weight is 304 g/mol. The molecule has 1 N–H and O–H groups in total. The predicted molar refractivity (Wildman–Crippen MR) is 69.1 cm³/mol. The third-order valence-electron chi connectivity index (χ3n) is 3.31. The van der Waals surface area contributed by atoms with E-state index in [2.05, 4.69) is 28.2 Å². The molecule has 2 atom stereocenters. The molecule has 0 radical (unpaired) electrons. The monoisotopic (exact) mass is 303 g/mol. The Labute approximate surface area is 109 Å². The first kappa shape index (κ1) is 12.8. The van der Waals surface area contributed by atoms with Gasteiger partial charge in [-0.25, -0.2) is 8.78 Å². The first-order valence-corrected chi connectivity index (χ1v) is 6.76. The quantitative estimate of drug-likeness (QED) is 0.780. The maximum absolute atomic E-state index is 13.6. The van der Waals surface area contributed by atoms with E-state index in [1.165, 1.54) is 18.9 Å². The van der Waals surface area contributed by atoms with Gasteiger partial charge in [0.1, 0.15) is 11.6 Å². The fraction of sp³-hybridized carbons (Fsp3) is 0.538. The average Bonchev–Trinajstić information content (AvgIpc) is 2.26. The van der Waals surface area contributed by atoms with Gasteiger partial charge in [-0.15, -0.1) is 0 Å². The highest BCUT2D eigenvalue weighted by Crippen LogP contribution is 2.29. The number of benzene rings is 1. The standard InChI is InChI=1S/C13H16BrF2N/c1-8-3-2-4-9(5-8)17-13-6-10(14)11(15)7-12(13)16/h6-9,17H,2-5H2,1H3. The highest BCUT2D eigenvalue weighted by molar-refractivity contribution is 9.10. The summed E-state index contributed by atoms with van der Waals surface area (Å²) in [5, 5.41) is 3.18. The van der Waals surface area contributed by atoms with Crippen LogP contribution in [0.4, 0.5) is 14.5 Å². The second kappa shape index (κ2) is 5.34. The Morgan fingerprint density at radius 3 is 2.71 bits per heavy atom. The lowest BCUT2D eigenvalue weighted by molar-refractivity contribution is 0.358. The summed E-state index contributed by atoms with van der Waals surface area (Å²) in [5.74, 6) is -0.415. The van der Waals surface area contributed by atoms with Crippen molar-refractivity contribution in [1.29, 1.82) is 0 Å². The molecule has 2 unspecified atom stereocenters. The number of anilines is 1. The Bertz CT molecular complexity index is 409. The molecule has 1 saturated carbocycles. The number of hydrogen-bond acceptors (Lipinski definition) is 1. The van der Waals surface area contributed by atoms with E-state index in [0.29, 0.717) is 22.1 Å². The van der Waals surface area contributed by atoms with Gasteiger partial charge in [0.05, 0.1) is 10.2 Å². The van der Waals surface area contributed by atoms with Crippen LogP contribution in [0.5, 0.6) is 0 Å². The van der Waals surface area contributed by atoms with E-state index in [1.807, 2.05) is 0 Å². The van der Waals surface area contributed by atoms with Crippen molar-refractivity contribution < 1.29 is 8.78 Å². The van der Waals surface area contributed by atoms with Crippen LogP contribution in [-0.4, -0.2) is 6.04 Å². The molecule has 2 rings (SSSR count). The zero-order valence-electron chi connectivity index (χ0n) is 9.77. The van der Waals surface area contributed by atoms with Crippen LogP contribution in [0, 0.1) is 17.6 Å². The summed E-state index contributed by atoms with van der Waals surface area (Å²) < 4.78 is 26.9. The lowest BCUT2D eigenvalue weighted by atomic mass is 9.87. The first-order valence-electron chi connectivity index (χ1n) is 5.97. The van der Waals surface area contributed by atoms with E-state index < -0.39 is 11.6 Å². The Morgan fingerprint density at radius 2 is 2.00 bits per heavy atom. The van der Waals surface area contributed by atoms with Gasteiger partial charge in [0.25, 0.3) is 0 Å². The Balaban J connectivity index is 2.10. The zero-order valence-corrected chi connectivity index (χ0v) is 11.4. The molecule has 0 bridgehead atoms. The molecular weight excluding hydrogens is 288 g/mol. The predicted octanol–water partition coefficient (Wildman–Crippen LogP) is 4.72. The van der Waals surface area contributed by atoms with Crippen LogP contribution in [0.2, 0.25) is 0 Å². The highest BCUT2D eigenvalue weighted by Gasteiger charge is 2.20. The van der Waals surface area contributed by atoms with Gasteiger partial charge in [0, 0.05) is 12.1 Å². The second-order valence-electron chi connectivity index (χ2n) is 4.86. The summed E-state index contributed by atoms with van der Waals surface area (Å²) in [7, 11) is 0. The molecule has 0 spiro atoms. The molecule has 17 heavy (non-hydrogen) atoms. The summed E-state index contributed by atoms with van der Waals surface area (Å²) in [5.41, 5.74) is 0.386. The van der Waals surface area contributed by atoms with Crippen LogP contribution in [-0.2, 0) is 0 Å². The third kappa shape index (κ3) is 3.18. The van der Waals surface area contributed by atoms with Crippen molar-refractivity contribution in [2.24, 2.45) is 5.92 Å². The van der Waals surface area contributed by atoms with E-state index in [4.69, 9.17) is 0 Å². The first-order chi connectivity index (χ1) is 8.06. The lowest BCUT2D eigenvalue weighted by Crippen LogP contribution is -2.26. The summed E-state index contributed by atoms with van der Waals surface area (Å²) >= 11 is 3.08. The molecule has 1 aliphatic rings. The van der Waals surface area contributed by atoms with Crippen molar-refractivity contribution in [3.05, 3.63) is 28.2 Å². The molecule has 1 fully saturated rings. The highest BCUT2D eigenvalue weighted by atomic mass is 79.9. The minimum absolute atomic E-state index is 0.297. The molecule has 94 valence electrons. The van der Waals surface area contributed by atoms with Crippen LogP contribution in [0.15, 0.2) is 16.6 Å². The van der Waals surface area contributed by atoms with Crippen LogP contribution in [0.1, 0.15) is 32.6 Å². The Kier molecular flexibility index (Phi) is 4.02. The molecule has 1 aliphatic carbocycles. The van der Waals surface area contributed by atoms with E-state index in [-0.39, 0.29) is 0 Å². The number of nitrogens with one attached hydrogen (secondary N) is 1. The molecular formula is C13H16BrF2N. The molecule has 0 heterocycles. The minimum atomic E-state index is -0.565. The fourth-order valence-electron chi connectivity index (χ4n) is 2.42. The summed E-state index contributed by atoms with van der Waals surface area (Å²) in [6.07, 6.45) is 4.52. The number of hydrogen-bond donors (Lipinski definition) is 1. The molecule has 0 aliphatic heterocycles. The molecule has 0 saturated heterocycles. The fourth-order valence-corrected chi connectivity index (χ4v) is 2.76. The number of rotatable bonds is 2. The van der Waals surface area contributed by atoms with Crippen molar-refractivity contribution in [1.82, 2.24) is 0 Å². The van der Waals surface area contributed by atoms with E-state index in [1.54, 1.807) is 0 Å². The molecule has 1 aromatic carbocycles. The van der Waals surface area contributed by atoms with Gasteiger partial charge in [0.15, 0.2) is 0 Å². The Morgan fingerprint density at radius 1 is 1.24 bits per heavy atom.